The number of fused-ring (bicyclic) bond motifs is 1. The number of ether oxygens (including phenoxy) is 1. The van der Waals surface area contributed by atoms with Gasteiger partial charge in [-0.3, -0.25) is 5.01 Å². The van der Waals surface area contributed by atoms with E-state index in [1.807, 2.05) is 0 Å². The molecule has 0 bridgehead atoms. The summed E-state index contributed by atoms with van der Waals surface area (Å²) in [4.78, 5) is 0. The molecule has 2 aliphatic rings. The normalized spacial score (nSPS) is 31.0. The first-order valence-corrected chi connectivity index (χ1v) is 8.48. The summed E-state index contributed by atoms with van der Waals surface area (Å²) in [6.07, 6.45) is 6.27. The van der Waals surface area contributed by atoms with E-state index in [2.05, 4.69) is 56.9 Å². The van der Waals surface area contributed by atoms with Crippen molar-refractivity contribution in [2.75, 3.05) is 6.61 Å². The predicted molar refractivity (Wildman–Crippen MR) is 86.3 cm³/mol. The van der Waals surface area contributed by atoms with Gasteiger partial charge >= 0.3 is 0 Å². The second-order valence-electron chi connectivity index (χ2n) is 8.87. The Morgan fingerprint density at radius 1 is 1.05 bits per heavy atom. The Morgan fingerprint density at radius 3 is 2.33 bits per heavy atom. The van der Waals surface area contributed by atoms with Crippen LogP contribution in [0.5, 0.6) is 0 Å². The van der Waals surface area contributed by atoms with Crippen LogP contribution in [0.4, 0.5) is 0 Å². The van der Waals surface area contributed by atoms with Crippen LogP contribution in [0.1, 0.15) is 73.6 Å². The molecule has 0 amide bonds. The molecule has 3 atom stereocenters. The molecule has 1 aliphatic carbocycles. The number of hydrogen-bond acceptors (Lipinski definition) is 4. The van der Waals surface area contributed by atoms with E-state index in [0.29, 0.717) is 18.2 Å². The molecular weight excluding hydrogens is 262 g/mol. The summed E-state index contributed by atoms with van der Waals surface area (Å²) in [5.41, 5.74) is 0.292. The van der Waals surface area contributed by atoms with Crippen LogP contribution in [0.2, 0.25) is 0 Å². The highest BCUT2D eigenvalue weighted by Crippen LogP contribution is 2.34. The lowest BCUT2D eigenvalue weighted by molar-refractivity contribution is -0.0138. The molecule has 21 heavy (non-hydrogen) atoms. The fraction of sp³-hybridized carbons (Fsp3) is 1.00. The van der Waals surface area contributed by atoms with E-state index >= 15 is 0 Å². The lowest BCUT2D eigenvalue weighted by Crippen LogP contribution is -2.47. The van der Waals surface area contributed by atoms with Crippen LogP contribution in [-0.2, 0) is 4.74 Å². The molecule has 2 rings (SSSR count). The molecule has 0 aromatic carbocycles. The van der Waals surface area contributed by atoms with Crippen molar-refractivity contribution in [3.63, 3.8) is 0 Å². The van der Waals surface area contributed by atoms with Crippen molar-refractivity contribution >= 4 is 0 Å². The second-order valence-corrected chi connectivity index (χ2v) is 8.87. The zero-order valence-electron chi connectivity index (χ0n) is 14.7. The molecule has 4 heteroatoms. The Hall–Kier alpha value is -0.640. The molecule has 0 N–H and O–H groups in total. The summed E-state index contributed by atoms with van der Waals surface area (Å²) >= 11 is 0. The average Bonchev–Trinajstić information content (AvgIpc) is 2.68. The van der Waals surface area contributed by atoms with Gasteiger partial charge in [-0.15, -0.1) is 0 Å². The van der Waals surface area contributed by atoms with Gasteiger partial charge in [0.15, 0.2) is 0 Å². The monoisotopic (exact) mass is 295 g/mol. The zero-order valence-corrected chi connectivity index (χ0v) is 14.7. The van der Waals surface area contributed by atoms with Crippen LogP contribution in [0.3, 0.4) is 0 Å². The molecule has 1 heterocycles. The van der Waals surface area contributed by atoms with Crippen LogP contribution in [0, 0.1) is 5.41 Å². The summed E-state index contributed by atoms with van der Waals surface area (Å²) in [6, 6.07) is 0.778. The van der Waals surface area contributed by atoms with Crippen molar-refractivity contribution in [1.29, 1.82) is 0 Å². The Balaban J connectivity index is 1.98. The molecule has 3 unspecified atom stereocenters. The average molecular weight is 295 g/mol. The topological polar surface area (TPSA) is 37.2 Å². The lowest BCUT2D eigenvalue weighted by atomic mass is 9.89. The molecule has 1 saturated carbocycles. The fourth-order valence-corrected chi connectivity index (χ4v) is 3.21. The van der Waals surface area contributed by atoms with Gasteiger partial charge in [0.1, 0.15) is 0 Å². The summed E-state index contributed by atoms with van der Waals surface area (Å²) in [7, 11) is 0. The summed E-state index contributed by atoms with van der Waals surface area (Å²) in [5, 5.41) is 11.3. The van der Waals surface area contributed by atoms with Gasteiger partial charge in [0.05, 0.1) is 30.3 Å². The summed E-state index contributed by atoms with van der Waals surface area (Å²) in [5.74, 6) is 0. The maximum Gasteiger partial charge on any atom is 0.0974 e. The van der Waals surface area contributed by atoms with Gasteiger partial charge in [-0.1, -0.05) is 38.8 Å². The molecule has 1 fully saturated rings. The quantitative estimate of drug-likeness (QED) is 0.746. The SMILES string of the molecule is CC(C)(C)COC1CCCCC2C(C1)N=NN2C(C)(C)C. The van der Waals surface area contributed by atoms with Crippen molar-refractivity contribution in [3.8, 4) is 0 Å². The second kappa shape index (κ2) is 6.23. The van der Waals surface area contributed by atoms with Crippen molar-refractivity contribution in [2.24, 2.45) is 15.8 Å². The first-order chi connectivity index (χ1) is 9.67. The van der Waals surface area contributed by atoms with Crippen LogP contribution < -0.4 is 0 Å². The molecule has 0 spiro atoms. The Kier molecular flexibility index (Phi) is 4.96. The van der Waals surface area contributed by atoms with E-state index < -0.39 is 0 Å². The third-order valence-corrected chi connectivity index (χ3v) is 4.27. The molecule has 0 aromatic heterocycles. The van der Waals surface area contributed by atoms with Crippen molar-refractivity contribution in [2.45, 2.75) is 97.4 Å². The van der Waals surface area contributed by atoms with Gasteiger partial charge in [-0.2, -0.15) is 5.11 Å². The smallest absolute Gasteiger partial charge is 0.0974 e. The molecule has 1 aliphatic heterocycles. The highest BCUT2D eigenvalue weighted by molar-refractivity contribution is 4.94. The maximum absolute atomic E-state index is 6.19. The Bertz CT molecular complexity index is 367. The molecule has 122 valence electrons. The largest absolute Gasteiger partial charge is 0.378 e. The van der Waals surface area contributed by atoms with Crippen LogP contribution >= 0.6 is 0 Å². The standard InChI is InChI=1S/C17H33N3O/c1-16(2,3)12-21-13-9-7-8-10-15-14(11-13)18-19-20(15)17(4,5)6/h13-15H,7-12H2,1-6H3. The van der Waals surface area contributed by atoms with Gasteiger partial charge in [0, 0.05) is 0 Å². The van der Waals surface area contributed by atoms with Gasteiger partial charge in [-0.05, 0) is 45.4 Å². The van der Waals surface area contributed by atoms with Gasteiger partial charge < -0.3 is 4.74 Å². The zero-order chi connectivity index (χ0) is 15.7. The number of nitrogens with zero attached hydrogens (tertiary/aromatic N) is 3. The third-order valence-electron chi connectivity index (χ3n) is 4.27. The molecule has 0 saturated heterocycles. The summed E-state index contributed by atoms with van der Waals surface area (Å²) < 4.78 is 6.19. The molecule has 0 aromatic rings. The number of hydrogen-bond donors (Lipinski definition) is 0. The Morgan fingerprint density at radius 2 is 1.71 bits per heavy atom. The van der Waals surface area contributed by atoms with E-state index in [-0.39, 0.29) is 11.0 Å². The first kappa shape index (κ1) is 16.7. The first-order valence-electron chi connectivity index (χ1n) is 8.48. The van der Waals surface area contributed by atoms with Crippen LogP contribution in [0.25, 0.3) is 0 Å². The Labute approximate surface area is 130 Å². The van der Waals surface area contributed by atoms with E-state index in [9.17, 15) is 0 Å². The van der Waals surface area contributed by atoms with Gasteiger partial charge in [0.2, 0.25) is 0 Å². The van der Waals surface area contributed by atoms with Crippen LogP contribution in [0.15, 0.2) is 10.3 Å². The van der Waals surface area contributed by atoms with E-state index in [1.165, 1.54) is 25.7 Å². The van der Waals surface area contributed by atoms with Crippen LogP contribution in [-0.4, -0.2) is 35.3 Å². The van der Waals surface area contributed by atoms with Crippen molar-refractivity contribution in [1.82, 2.24) is 5.01 Å². The maximum atomic E-state index is 6.19. The number of rotatable bonds is 2. The molecule has 0 radical (unpaired) electrons. The molecular formula is C17H33N3O. The van der Waals surface area contributed by atoms with Gasteiger partial charge in [-0.25, -0.2) is 0 Å². The van der Waals surface area contributed by atoms with Crippen molar-refractivity contribution in [3.05, 3.63) is 0 Å². The minimum atomic E-state index is 0.0594. The van der Waals surface area contributed by atoms with E-state index in [4.69, 9.17) is 4.74 Å². The highest BCUT2D eigenvalue weighted by Gasteiger charge is 2.40. The highest BCUT2D eigenvalue weighted by atomic mass is 16.5. The van der Waals surface area contributed by atoms with E-state index in [1.54, 1.807) is 0 Å². The summed E-state index contributed by atoms with van der Waals surface area (Å²) in [6.45, 7) is 14.2. The fourth-order valence-electron chi connectivity index (χ4n) is 3.21. The van der Waals surface area contributed by atoms with E-state index in [0.717, 1.165) is 13.0 Å². The minimum absolute atomic E-state index is 0.0594. The molecule has 4 nitrogen and oxygen atoms in total. The third kappa shape index (κ3) is 4.67. The van der Waals surface area contributed by atoms with Gasteiger partial charge in [0.25, 0.3) is 0 Å². The predicted octanol–water partition coefficient (Wildman–Crippen LogP) is 4.60. The van der Waals surface area contributed by atoms with Crippen molar-refractivity contribution < 1.29 is 4.74 Å². The lowest BCUT2D eigenvalue weighted by Gasteiger charge is -2.37. The minimum Gasteiger partial charge on any atom is -0.378 e.